The highest BCUT2D eigenvalue weighted by Gasteiger charge is 2.46. The molecule has 1 saturated heterocycles. The molecule has 0 aliphatic carbocycles. The van der Waals surface area contributed by atoms with E-state index in [-0.39, 0.29) is 33.5 Å². The molecular formula is C28H25Cl2NO6. The molecule has 0 spiro atoms. The molecule has 0 saturated carbocycles. The van der Waals surface area contributed by atoms with Gasteiger partial charge in [-0.25, -0.2) is 0 Å². The van der Waals surface area contributed by atoms with Crippen molar-refractivity contribution in [2.24, 2.45) is 0 Å². The van der Waals surface area contributed by atoms with Gasteiger partial charge in [0.25, 0.3) is 11.7 Å². The summed E-state index contributed by atoms with van der Waals surface area (Å²) in [5, 5.41) is 11.8. The van der Waals surface area contributed by atoms with E-state index in [2.05, 4.69) is 0 Å². The van der Waals surface area contributed by atoms with Crippen LogP contribution < -0.4 is 14.2 Å². The third-order valence-corrected chi connectivity index (χ3v) is 6.71. The van der Waals surface area contributed by atoms with E-state index in [1.807, 2.05) is 18.2 Å². The van der Waals surface area contributed by atoms with E-state index < -0.39 is 23.5 Å². The van der Waals surface area contributed by atoms with Crippen LogP contribution in [0.5, 0.6) is 17.2 Å². The van der Waals surface area contributed by atoms with Gasteiger partial charge < -0.3 is 24.2 Å². The Kier molecular flexibility index (Phi) is 7.95. The summed E-state index contributed by atoms with van der Waals surface area (Å²) >= 11 is 12.5. The van der Waals surface area contributed by atoms with Gasteiger partial charge in [0.15, 0.2) is 11.5 Å². The largest absolute Gasteiger partial charge is 0.507 e. The molecule has 1 fully saturated rings. The van der Waals surface area contributed by atoms with E-state index in [4.69, 9.17) is 37.4 Å². The Balaban J connectivity index is 1.79. The lowest BCUT2D eigenvalue weighted by molar-refractivity contribution is -0.139. The Morgan fingerprint density at radius 1 is 0.919 bits per heavy atom. The van der Waals surface area contributed by atoms with Gasteiger partial charge in [-0.2, -0.15) is 0 Å². The van der Waals surface area contributed by atoms with Crippen LogP contribution in [0.15, 0.2) is 66.2 Å². The second kappa shape index (κ2) is 11.2. The van der Waals surface area contributed by atoms with Crippen LogP contribution in [0.1, 0.15) is 22.7 Å². The molecule has 9 heteroatoms. The Morgan fingerprint density at radius 3 is 2.27 bits per heavy atom. The van der Waals surface area contributed by atoms with E-state index in [0.717, 1.165) is 5.56 Å². The van der Waals surface area contributed by atoms with Gasteiger partial charge in [0.05, 0.1) is 43.5 Å². The number of aliphatic hydroxyl groups is 1. The van der Waals surface area contributed by atoms with Gasteiger partial charge in [-0.3, -0.25) is 9.59 Å². The molecule has 4 rings (SSSR count). The molecule has 3 aromatic rings. The average Bonchev–Trinajstić information content (AvgIpc) is 3.16. The van der Waals surface area contributed by atoms with Crippen LogP contribution >= 0.6 is 23.2 Å². The lowest BCUT2D eigenvalue weighted by Gasteiger charge is -2.25. The standard InChI is InChI=1S/C28H25Cl2NO6/c1-35-21-10-9-16(13-22(21)36-2)11-12-31-24(17-7-5-4-6-8-17)23(26(33)28(31)34)25(32)19-14-18(29)15-20(30)27(19)37-3/h4-10,13-15,24,32H,11-12H2,1-3H3/b25-23+. The van der Waals surface area contributed by atoms with Gasteiger partial charge in [-0.05, 0) is 41.8 Å². The fourth-order valence-corrected chi connectivity index (χ4v) is 5.04. The van der Waals surface area contributed by atoms with Crippen molar-refractivity contribution in [3.63, 3.8) is 0 Å². The number of nitrogens with zero attached hydrogens (tertiary/aromatic N) is 1. The highest BCUT2D eigenvalue weighted by Crippen LogP contribution is 2.43. The average molecular weight is 542 g/mol. The number of carbonyl (C=O) groups excluding carboxylic acids is 2. The van der Waals surface area contributed by atoms with E-state index in [0.29, 0.717) is 23.5 Å². The molecule has 0 radical (unpaired) electrons. The van der Waals surface area contributed by atoms with Gasteiger partial charge in [-0.15, -0.1) is 0 Å². The first-order valence-electron chi connectivity index (χ1n) is 11.4. The van der Waals surface area contributed by atoms with Crippen LogP contribution in [0.2, 0.25) is 10.0 Å². The Labute approximate surface area is 224 Å². The number of hydrogen-bond acceptors (Lipinski definition) is 6. The summed E-state index contributed by atoms with van der Waals surface area (Å²) in [6.45, 7) is 0.212. The molecule has 7 nitrogen and oxygen atoms in total. The van der Waals surface area contributed by atoms with Gasteiger partial charge in [0.2, 0.25) is 0 Å². The van der Waals surface area contributed by atoms with Gasteiger partial charge in [0.1, 0.15) is 11.5 Å². The number of amides is 1. The number of methoxy groups -OCH3 is 3. The first-order chi connectivity index (χ1) is 17.8. The zero-order valence-corrected chi connectivity index (χ0v) is 22.0. The predicted octanol–water partition coefficient (Wildman–Crippen LogP) is 5.68. The van der Waals surface area contributed by atoms with Gasteiger partial charge in [-0.1, -0.05) is 59.6 Å². The number of rotatable bonds is 8. The number of Topliss-reactive ketones (excluding diaryl/α,β-unsaturated/α-hetero) is 1. The molecule has 1 N–H and O–H groups in total. The van der Waals surface area contributed by atoms with E-state index in [1.54, 1.807) is 44.6 Å². The third kappa shape index (κ3) is 5.10. The molecular weight excluding hydrogens is 517 g/mol. The number of halogens is 2. The van der Waals surface area contributed by atoms with Crippen LogP contribution in [0, 0.1) is 0 Å². The number of hydrogen-bond donors (Lipinski definition) is 1. The molecule has 1 aliphatic rings. The maximum Gasteiger partial charge on any atom is 0.295 e. The van der Waals surface area contributed by atoms with Crippen LogP contribution in [0.4, 0.5) is 0 Å². The summed E-state index contributed by atoms with van der Waals surface area (Å²) in [6.07, 6.45) is 0.434. The Bertz CT molecular complexity index is 1370. The number of ketones is 1. The Morgan fingerprint density at radius 2 is 1.62 bits per heavy atom. The van der Waals surface area contributed by atoms with Crippen molar-refractivity contribution >= 4 is 40.7 Å². The molecule has 1 heterocycles. The van der Waals surface area contributed by atoms with Crippen molar-refractivity contribution in [2.75, 3.05) is 27.9 Å². The molecule has 1 unspecified atom stereocenters. The molecule has 192 valence electrons. The molecule has 1 atom stereocenters. The number of likely N-dealkylation sites (tertiary alicyclic amines) is 1. The minimum absolute atomic E-state index is 0.0693. The highest BCUT2D eigenvalue weighted by atomic mass is 35.5. The third-order valence-electron chi connectivity index (χ3n) is 6.21. The number of ether oxygens (including phenoxy) is 3. The normalized spacial score (nSPS) is 16.7. The molecule has 3 aromatic carbocycles. The first kappa shape index (κ1) is 26.4. The smallest absolute Gasteiger partial charge is 0.295 e. The summed E-state index contributed by atoms with van der Waals surface area (Å²) < 4.78 is 16.0. The summed E-state index contributed by atoms with van der Waals surface area (Å²) in [4.78, 5) is 28.1. The maximum atomic E-state index is 13.3. The highest BCUT2D eigenvalue weighted by molar-refractivity contribution is 6.46. The van der Waals surface area contributed by atoms with Crippen molar-refractivity contribution in [1.29, 1.82) is 0 Å². The summed E-state index contributed by atoms with van der Waals surface area (Å²) in [7, 11) is 4.49. The van der Waals surface area contributed by atoms with Crippen molar-refractivity contribution in [3.8, 4) is 17.2 Å². The van der Waals surface area contributed by atoms with Crippen molar-refractivity contribution < 1.29 is 28.9 Å². The molecule has 37 heavy (non-hydrogen) atoms. The minimum atomic E-state index is -0.830. The Hall–Kier alpha value is -3.68. The molecule has 1 aliphatic heterocycles. The van der Waals surface area contributed by atoms with E-state index >= 15 is 0 Å². The van der Waals surface area contributed by atoms with E-state index in [1.165, 1.54) is 24.1 Å². The molecule has 0 bridgehead atoms. The van der Waals surface area contributed by atoms with Crippen LogP contribution in [0.25, 0.3) is 5.76 Å². The summed E-state index contributed by atoms with van der Waals surface area (Å²) in [5.41, 5.74) is 1.61. The van der Waals surface area contributed by atoms with Crippen LogP contribution in [-0.2, 0) is 16.0 Å². The van der Waals surface area contributed by atoms with Crippen molar-refractivity contribution in [2.45, 2.75) is 12.5 Å². The quantitative estimate of drug-likeness (QED) is 0.224. The minimum Gasteiger partial charge on any atom is -0.507 e. The second-order valence-electron chi connectivity index (χ2n) is 8.31. The van der Waals surface area contributed by atoms with Crippen LogP contribution in [-0.4, -0.2) is 49.6 Å². The first-order valence-corrected chi connectivity index (χ1v) is 12.1. The second-order valence-corrected chi connectivity index (χ2v) is 9.15. The fraction of sp³-hybridized carbons (Fsp3) is 0.214. The number of benzene rings is 3. The summed E-state index contributed by atoms with van der Waals surface area (Å²) in [6, 6.07) is 16.6. The number of aliphatic hydroxyl groups excluding tert-OH is 1. The lowest BCUT2D eigenvalue weighted by atomic mass is 9.95. The lowest BCUT2D eigenvalue weighted by Crippen LogP contribution is -2.31. The van der Waals surface area contributed by atoms with Crippen LogP contribution in [0.3, 0.4) is 0 Å². The zero-order chi connectivity index (χ0) is 26.7. The predicted molar refractivity (Wildman–Crippen MR) is 142 cm³/mol. The number of carbonyl (C=O) groups is 2. The SMILES string of the molecule is COc1ccc(CCN2C(=O)C(=O)/C(=C(/O)c3cc(Cl)cc(Cl)c3OC)C2c2ccccc2)cc1OC. The maximum absolute atomic E-state index is 13.3. The zero-order valence-electron chi connectivity index (χ0n) is 20.5. The molecule has 0 aromatic heterocycles. The van der Waals surface area contributed by atoms with Gasteiger partial charge >= 0.3 is 0 Å². The summed E-state index contributed by atoms with van der Waals surface area (Å²) in [5.74, 6) is -0.648. The molecule has 1 amide bonds. The topological polar surface area (TPSA) is 85.3 Å². The fourth-order valence-electron chi connectivity index (χ4n) is 4.47. The van der Waals surface area contributed by atoms with E-state index in [9.17, 15) is 14.7 Å². The van der Waals surface area contributed by atoms with Crippen molar-refractivity contribution in [1.82, 2.24) is 4.90 Å². The monoisotopic (exact) mass is 541 g/mol. The van der Waals surface area contributed by atoms with Crippen molar-refractivity contribution in [3.05, 3.63) is 93.0 Å². The van der Waals surface area contributed by atoms with Gasteiger partial charge in [0, 0.05) is 11.6 Å².